The smallest absolute Gasteiger partial charge is 0.253 e. The number of benzene rings is 1. The largest absolute Gasteiger partial charge is 0.489 e. The van der Waals surface area contributed by atoms with Gasteiger partial charge in [-0.2, -0.15) is 0 Å². The molecule has 0 bridgehead atoms. The van der Waals surface area contributed by atoms with Gasteiger partial charge in [-0.05, 0) is 80.8 Å². The highest BCUT2D eigenvalue weighted by Gasteiger charge is 2.25. The average Bonchev–Trinajstić information content (AvgIpc) is 3.53. The number of amides is 1. The molecule has 3 aliphatic rings. The summed E-state index contributed by atoms with van der Waals surface area (Å²) < 4.78 is 8.33. The SMILES string of the molecule is O=C(c1ccc2c(ccn2-c2ccc(OC3CCN(CC4CCC4)CC3)cn2)c1)N1CCCC1. The molecule has 1 saturated carbocycles. The number of nitrogens with zero attached hydrogens (tertiary/aromatic N) is 4. The molecular formula is C28H34N4O2. The van der Waals surface area contributed by atoms with Crippen molar-refractivity contribution in [3.05, 3.63) is 54.4 Å². The Kier molecular flexibility index (Phi) is 6.00. The number of likely N-dealkylation sites (tertiary alicyclic amines) is 2. The maximum atomic E-state index is 12.7. The number of aromatic nitrogens is 2. The molecule has 0 spiro atoms. The fourth-order valence-electron chi connectivity index (χ4n) is 5.61. The van der Waals surface area contributed by atoms with Gasteiger partial charge >= 0.3 is 0 Å². The lowest BCUT2D eigenvalue weighted by atomic mass is 9.85. The number of hydrogen-bond donors (Lipinski definition) is 0. The molecule has 0 radical (unpaired) electrons. The minimum atomic E-state index is 0.139. The second kappa shape index (κ2) is 9.41. The molecule has 2 aromatic heterocycles. The second-order valence-electron chi connectivity index (χ2n) is 10.2. The highest BCUT2D eigenvalue weighted by atomic mass is 16.5. The first kappa shape index (κ1) is 21.7. The third-order valence-electron chi connectivity index (χ3n) is 7.88. The van der Waals surface area contributed by atoms with E-state index in [-0.39, 0.29) is 12.0 Å². The van der Waals surface area contributed by atoms with Gasteiger partial charge in [-0.3, -0.25) is 4.79 Å². The molecule has 1 aromatic carbocycles. The zero-order chi connectivity index (χ0) is 22.9. The van der Waals surface area contributed by atoms with Crippen LogP contribution < -0.4 is 4.74 Å². The zero-order valence-electron chi connectivity index (χ0n) is 19.9. The Morgan fingerprint density at radius 3 is 2.47 bits per heavy atom. The maximum absolute atomic E-state index is 12.7. The van der Waals surface area contributed by atoms with E-state index in [9.17, 15) is 4.79 Å². The van der Waals surface area contributed by atoms with Gasteiger partial charge < -0.3 is 19.1 Å². The minimum Gasteiger partial charge on any atom is -0.489 e. The Morgan fingerprint density at radius 1 is 0.941 bits per heavy atom. The summed E-state index contributed by atoms with van der Waals surface area (Å²) in [5, 5.41) is 1.06. The Labute approximate surface area is 201 Å². The van der Waals surface area contributed by atoms with Crippen molar-refractivity contribution in [2.75, 3.05) is 32.7 Å². The van der Waals surface area contributed by atoms with Crippen LogP contribution in [0.1, 0.15) is 55.3 Å². The van der Waals surface area contributed by atoms with Crippen molar-refractivity contribution in [3.63, 3.8) is 0 Å². The molecule has 2 saturated heterocycles. The summed E-state index contributed by atoms with van der Waals surface area (Å²) >= 11 is 0. The number of fused-ring (bicyclic) bond motifs is 1. The molecular weight excluding hydrogens is 424 g/mol. The summed E-state index contributed by atoms with van der Waals surface area (Å²) in [6.07, 6.45) is 12.8. The predicted molar refractivity (Wildman–Crippen MR) is 134 cm³/mol. The van der Waals surface area contributed by atoms with Gasteiger partial charge in [0.1, 0.15) is 17.7 Å². The van der Waals surface area contributed by atoms with E-state index in [1.807, 2.05) is 47.6 Å². The van der Waals surface area contributed by atoms with Crippen molar-refractivity contribution in [2.24, 2.45) is 5.92 Å². The van der Waals surface area contributed by atoms with Gasteiger partial charge in [0, 0.05) is 49.9 Å². The van der Waals surface area contributed by atoms with E-state index in [1.165, 1.54) is 25.8 Å². The number of piperidine rings is 1. The van der Waals surface area contributed by atoms with Crippen LogP contribution in [0.15, 0.2) is 48.8 Å². The fourth-order valence-corrected chi connectivity index (χ4v) is 5.61. The van der Waals surface area contributed by atoms with E-state index in [2.05, 4.69) is 20.5 Å². The Bertz CT molecular complexity index is 1140. The van der Waals surface area contributed by atoms with E-state index in [1.54, 1.807) is 0 Å². The van der Waals surface area contributed by atoms with Gasteiger partial charge in [0.15, 0.2) is 0 Å². The molecule has 0 unspecified atom stereocenters. The summed E-state index contributed by atoms with van der Waals surface area (Å²) in [5.41, 5.74) is 1.82. The summed E-state index contributed by atoms with van der Waals surface area (Å²) in [6, 6.07) is 12.1. The van der Waals surface area contributed by atoms with E-state index < -0.39 is 0 Å². The number of carbonyl (C=O) groups is 1. The fraction of sp³-hybridized carbons (Fsp3) is 0.500. The average molecular weight is 459 g/mol. The molecule has 6 nitrogen and oxygen atoms in total. The third kappa shape index (κ3) is 4.43. The molecule has 3 fully saturated rings. The van der Waals surface area contributed by atoms with Crippen LogP contribution in [-0.2, 0) is 0 Å². The first-order valence-corrected chi connectivity index (χ1v) is 13.0. The molecule has 6 heteroatoms. The molecule has 0 atom stereocenters. The van der Waals surface area contributed by atoms with Crippen molar-refractivity contribution in [1.82, 2.24) is 19.4 Å². The highest BCUT2D eigenvalue weighted by Crippen LogP contribution is 2.29. The quantitative estimate of drug-likeness (QED) is 0.527. The predicted octanol–water partition coefficient (Wildman–Crippen LogP) is 4.90. The van der Waals surface area contributed by atoms with Crippen LogP contribution in [0.4, 0.5) is 0 Å². The summed E-state index contributed by atoms with van der Waals surface area (Å²) in [6.45, 7) is 5.31. The highest BCUT2D eigenvalue weighted by molar-refractivity contribution is 5.98. The van der Waals surface area contributed by atoms with Crippen molar-refractivity contribution in [3.8, 4) is 11.6 Å². The molecule has 0 N–H and O–H groups in total. The molecule has 2 aliphatic heterocycles. The molecule has 6 rings (SSSR count). The van der Waals surface area contributed by atoms with Crippen molar-refractivity contribution >= 4 is 16.8 Å². The lowest BCUT2D eigenvalue weighted by Crippen LogP contribution is -2.41. The number of rotatable bonds is 6. The van der Waals surface area contributed by atoms with Crippen LogP contribution >= 0.6 is 0 Å². The number of hydrogen-bond acceptors (Lipinski definition) is 4. The number of carbonyl (C=O) groups excluding carboxylic acids is 1. The normalized spacial score (nSPS) is 20.1. The standard InChI is InChI=1S/C28H34N4O2/c33-28(31-13-1-2-14-31)23-6-8-26-22(18-23)10-17-32(26)27-9-7-25(19-29-27)34-24-11-15-30(16-12-24)20-21-4-3-5-21/h6-10,17-19,21,24H,1-5,11-16,20H2. The molecule has 1 amide bonds. The minimum absolute atomic E-state index is 0.139. The topological polar surface area (TPSA) is 50.6 Å². The van der Waals surface area contributed by atoms with E-state index >= 15 is 0 Å². The maximum Gasteiger partial charge on any atom is 0.253 e. The van der Waals surface area contributed by atoms with Crippen molar-refractivity contribution in [2.45, 2.75) is 51.0 Å². The van der Waals surface area contributed by atoms with Crippen LogP contribution in [-0.4, -0.2) is 64.1 Å². The van der Waals surface area contributed by atoms with Gasteiger partial charge in [0.05, 0.1) is 11.7 Å². The van der Waals surface area contributed by atoms with Gasteiger partial charge in [-0.1, -0.05) is 6.42 Å². The first-order chi connectivity index (χ1) is 16.7. The van der Waals surface area contributed by atoms with Crippen LogP contribution in [0.3, 0.4) is 0 Å². The Morgan fingerprint density at radius 2 is 1.76 bits per heavy atom. The van der Waals surface area contributed by atoms with Crippen molar-refractivity contribution in [1.29, 1.82) is 0 Å². The third-order valence-corrected chi connectivity index (χ3v) is 7.88. The molecule has 4 heterocycles. The lowest BCUT2D eigenvalue weighted by Gasteiger charge is -2.36. The van der Waals surface area contributed by atoms with Gasteiger partial charge in [0.2, 0.25) is 0 Å². The van der Waals surface area contributed by atoms with Crippen LogP contribution in [0.5, 0.6) is 5.75 Å². The zero-order valence-corrected chi connectivity index (χ0v) is 19.9. The lowest BCUT2D eigenvalue weighted by molar-refractivity contribution is 0.0792. The molecule has 3 aromatic rings. The van der Waals surface area contributed by atoms with Crippen molar-refractivity contribution < 1.29 is 9.53 Å². The van der Waals surface area contributed by atoms with E-state index in [0.717, 1.165) is 85.8 Å². The summed E-state index contributed by atoms with van der Waals surface area (Å²) in [7, 11) is 0. The first-order valence-electron chi connectivity index (χ1n) is 13.0. The van der Waals surface area contributed by atoms with Gasteiger partial charge in [-0.25, -0.2) is 4.98 Å². The molecule has 34 heavy (non-hydrogen) atoms. The van der Waals surface area contributed by atoms with Gasteiger partial charge in [0.25, 0.3) is 5.91 Å². The van der Waals surface area contributed by atoms with E-state index in [0.29, 0.717) is 0 Å². The summed E-state index contributed by atoms with van der Waals surface area (Å²) in [4.78, 5) is 22.0. The second-order valence-corrected chi connectivity index (χ2v) is 10.2. The number of ether oxygens (including phenoxy) is 1. The molecule has 178 valence electrons. The van der Waals surface area contributed by atoms with Crippen LogP contribution in [0.25, 0.3) is 16.7 Å². The molecule has 1 aliphatic carbocycles. The summed E-state index contributed by atoms with van der Waals surface area (Å²) in [5.74, 6) is 2.78. The Balaban J connectivity index is 1.09. The van der Waals surface area contributed by atoms with Gasteiger partial charge in [-0.15, -0.1) is 0 Å². The Hall–Kier alpha value is -2.86. The number of pyridine rings is 1. The van der Waals surface area contributed by atoms with Crippen LogP contribution in [0.2, 0.25) is 0 Å². The van der Waals surface area contributed by atoms with Crippen LogP contribution in [0, 0.1) is 5.92 Å². The monoisotopic (exact) mass is 458 g/mol. The van der Waals surface area contributed by atoms with E-state index in [4.69, 9.17) is 4.74 Å².